The summed E-state index contributed by atoms with van der Waals surface area (Å²) >= 11 is 0. The van der Waals surface area contributed by atoms with Crippen LogP contribution in [0.1, 0.15) is 0 Å². The second-order valence-electron chi connectivity index (χ2n) is 2.71. The maximum Gasteiger partial charge on any atom is 0.407 e. The summed E-state index contributed by atoms with van der Waals surface area (Å²) in [6.45, 7) is 0.177. The average Bonchev–Trinajstić information content (AvgIpc) is 2.58. The molecule has 0 radical (unpaired) electrons. The molecule has 0 spiro atoms. The molecule has 1 heterocycles. The number of aliphatic carboxylic acids is 1. The molecule has 1 amide bonds. The molecule has 0 bridgehead atoms. The monoisotopic (exact) mass is 215 g/mol. The lowest BCUT2D eigenvalue weighted by Gasteiger charge is -2.06. The summed E-state index contributed by atoms with van der Waals surface area (Å²) in [5, 5.41) is 10.6. The lowest BCUT2D eigenvalue weighted by Crippen LogP contribution is -2.21. The van der Waals surface area contributed by atoms with Gasteiger partial charge in [0, 0.05) is 12.2 Å². The Balaban J connectivity index is 2.22. The zero-order chi connectivity index (χ0) is 11.3. The van der Waals surface area contributed by atoms with Gasteiger partial charge in [-0.15, -0.1) is 0 Å². The number of hydrogen-bond donors (Lipinski definition) is 2. The molecule has 2 N–H and O–H groups in total. The van der Waals surface area contributed by atoms with Crippen molar-refractivity contribution in [2.45, 2.75) is 6.10 Å². The van der Waals surface area contributed by atoms with E-state index in [-0.39, 0.29) is 13.2 Å². The first-order valence-electron chi connectivity index (χ1n) is 4.10. The van der Waals surface area contributed by atoms with Crippen molar-refractivity contribution in [2.24, 2.45) is 0 Å². The van der Waals surface area contributed by atoms with Crippen molar-refractivity contribution in [3.05, 3.63) is 12.2 Å². The highest BCUT2D eigenvalue weighted by Crippen LogP contribution is 2.00. The van der Waals surface area contributed by atoms with Gasteiger partial charge < -0.3 is 19.9 Å². The molecule has 1 aliphatic rings. The van der Waals surface area contributed by atoms with Gasteiger partial charge in [-0.2, -0.15) is 0 Å². The highest BCUT2D eigenvalue weighted by atomic mass is 16.6. The number of cyclic esters (lactones) is 1. The van der Waals surface area contributed by atoms with Crippen molar-refractivity contribution in [1.82, 2.24) is 5.32 Å². The summed E-state index contributed by atoms with van der Waals surface area (Å²) in [7, 11) is 0. The van der Waals surface area contributed by atoms with Crippen molar-refractivity contribution in [1.29, 1.82) is 0 Å². The van der Waals surface area contributed by atoms with E-state index in [1.54, 1.807) is 0 Å². The smallest absolute Gasteiger partial charge is 0.407 e. The molecule has 7 heteroatoms. The van der Waals surface area contributed by atoms with Crippen molar-refractivity contribution < 1.29 is 29.0 Å². The quantitative estimate of drug-likeness (QED) is 0.474. The molecule has 0 aromatic heterocycles. The van der Waals surface area contributed by atoms with Gasteiger partial charge in [-0.05, 0) is 0 Å². The zero-order valence-corrected chi connectivity index (χ0v) is 7.63. The van der Waals surface area contributed by atoms with Crippen LogP contribution in [0.5, 0.6) is 0 Å². The molecular formula is C8H9NO6. The molecule has 1 atom stereocenters. The third-order valence-electron chi connectivity index (χ3n) is 1.52. The number of carbonyl (C=O) groups is 3. The van der Waals surface area contributed by atoms with Crippen molar-refractivity contribution in [3.63, 3.8) is 0 Å². The molecular weight excluding hydrogens is 206 g/mol. The molecule has 1 fully saturated rings. The van der Waals surface area contributed by atoms with Crippen molar-refractivity contribution in [3.8, 4) is 0 Å². The van der Waals surface area contributed by atoms with Crippen LogP contribution < -0.4 is 5.32 Å². The van der Waals surface area contributed by atoms with Gasteiger partial charge in [-0.1, -0.05) is 0 Å². The molecule has 1 saturated heterocycles. The fourth-order valence-electron chi connectivity index (χ4n) is 0.887. The van der Waals surface area contributed by atoms with Crippen LogP contribution in [0.3, 0.4) is 0 Å². The van der Waals surface area contributed by atoms with Crippen molar-refractivity contribution in [2.75, 3.05) is 13.2 Å². The normalized spacial score (nSPS) is 19.7. The van der Waals surface area contributed by atoms with Crippen LogP contribution in [-0.2, 0) is 19.1 Å². The predicted octanol–water partition coefficient (Wildman–Crippen LogP) is -0.721. The zero-order valence-electron chi connectivity index (χ0n) is 7.63. The van der Waals surface area contributed by atoms with Crippen LogP contribution in [0.15, 0.2) is 12.2 Å². The summed E-state index contributed by atoms with van der Waals surface area (Å²) < 4.78 is 9.29. The number of amides is 1. The number of rotatable bonds is 4. The summed E-state index contributed by atoms with van der Waals surface area (Å²) in [6.07, 6.45) is 0.380. The average molecular weight is 215 g/mol. The first-order chi connectivity index (χ1) is 7.08. The van der Waals surface area contributed by atoms with Crippen molar-refractivity contribution >= 4 is 18.0 Å². The molecule has 7 nitrogen and oxygen atoms in total. The second-order valence-corrected chi connectivity index (χ2v) is 2.71. The lowest BCUT2D eigenvalue weighted by molar-refractivity contribution is -0.140. The number of ether oxygens (including phenoxy) is 2. The Morgan fingerprint density at radius 1 is 1.60 bits per heavy atom. The molecule has 0 aliphatic carbocycles. The number of carboxylic acids is 1. The van der Waals surface area contributed by atoms with Crippen LogP contribution in [0.4, 0.5) is 4.79 Å². The molecule has 0 aromatic rings. The van der Waals surface area contributed by atoms with E-state index < -0.39 is 24.1 Å². The van der Waals surface area contributed by atoms with Gasteiger partial charge in [0.25, 0.3) is 0 Å². The van der Waals surface area contributed by atoms with Gasteiger partial charge in [-0.3, -0.25) is 0 Å². The van der Waals surface area contributed by atoms with Gasteiger partial charge in [0.2, 0.25) is 0 Å². The minimum absolute atomic E-state index is 0.0957. The summed E-state index contributed by atoms with van der Waals surface area (Å²) in [5.74, 6) is -2.03. The molecule has 0 aromatic carbocycles. The van der Waals surface area contributed by atoms with Gasteiger partial charge in [-0.25, -0.2) is 14.4 Å². The van der Waals surface area contributed by atoms with E-state index in [0.29, 0.717) is 6.08 Å². The number of hydrogen-bond acceptors (Lipinski definition) is 5. The number of carbonyl (C=O) groups excluding carboxylic acids is 2. The van der Waals surface area contributed by atoms with E-state index in [0.717, 1.165) is 6.08 Å². The van der Waals surface area contributed by atoms with Crippen LogP contribution in [0, 0.1) is 0 Å². The summed E-state index contributed by atoms with van der Waals surface area (Å²) in [5.41, 5.74) is 0. The van der Waals surface area contributed by atoms with Gasteiger partial charge in [0.15, 0.2) is 6.10 Å². The fourth-order valence-corrected chi connectivity index (χ4v) is 0.887. The van der Waals surface area contributed by atoms with Crippen LogP contribution in [0.25, 0.3) is 0 Å². The number of nitrogens with one attached hydrogen (secondary N) is 1. The van der Waals surface area contributed by atoms with Gasteiger partial charge in [0.1, 0.15) is 6.61 Å². The van der Waals surface area contributed by atoms with Gasteiger partial charge >= 0.3 is 18.0 Å². The first kappa shape index (κ1) is 11.0. The Labute approximate surface area is 84.7 Å². The third-order valence-corrected chi connectivity index (χ3v) is 1.52. The highest BCUT2D eigenvalue weighted by molar-refractivity contribution is 5.90. The van der Waals surface area contributed by atoms with E-state index in [2.05, 4.69) is 14.8 Å². The Hall–Kier alpha value is -2.05. The van der Waals surface area contributed by atoms with Crippen LogP contribution in [-0.4, -0.2) is 42.4 Å². The predicted molar refractivity (Wildman–Crippen MR) is 46.0 cm³/mol. The largest absolute Gasteiger partial charge is 0.478 e. The third kappa shape index (κ3) is 4.12. The Bertz CT molecular complexity index is 310. The van der Waals surface area contributed by atoms with E-state index in [1.807, 2.05) is 0 Å². The Morgan fingerprint density at radius 3 is 2.87 bits per heavy atom. The highest BCUT2D eigenvalue weighted by Gasteiger charge is 2.23. The van der Waals surface area contributed by atoms with E-state index in [1.165, 1.54) is 0 Å². The van der Waals surface area contributed by atoms with Gasteiger partial charge in [0.05, 0.1) is 6.54 Å². The number of alkyl carbamates (subject to hydrolysis) is 1. The minimum Gasteiger partial charge on any atom is -0.478 e. The van der Waals surface area contributed by atoms with E-state index >= 15 is 0 Å². The SMILES string of the molecule is O=C(O)C=CC(=O)OC[C@H]1CNC(=O)O1. The first-order valence-corrected chi connectivity index (χ1v) is 4.10. The fraction of sp³-hybridized carbons (Fsp3) is 0.375. The summed E-state index contributed by atoms with van der Waals surface area (Å²) in [4.78, 5) is 31.4. The summed E-state index contributed by atoms with van der Waals surface area (Å²) in [6, 6.07) is 0. The topological polar surface area (TPSA) is 102 Å². The maximum absolute atomic E-state index is 10.9. The minimum atomic E-state index is -1.24. The van der Waals surface area contributed by atoms with Crippen LogP contribution in [0.2, 0.25) is 0 Å². The second kappa shape index (κ2) is 4.99. The standard InChI is InChI=1S/C8H9NO6/c10-6(11)1-2-7(12)14-4-5-3-9-8(13)15-5/h1-2,5H,3-4H2,(H,9,13)(H,10,11)/t5-/m1/s1. The molecule has 1 aliphatic heterocycles. The lowest BCUT2D eigenvalue weighted by atomic mass is 10.4. The molecule has 15 heavy (non-hydrogen) atoms. The van der Waals surface area contributed by atoms with Crippen LogP contribution >= 0.6 is 0 Å². The maximum atomic E-state index is 10.9. The Morgan fingerprint density at radius 2 is 2.33 bits per heavy atom. The molecule has 0 unspecified atom stereocenters. The van der Waals surface area contributed by atoms with E-state index in [4.69, 9.17) is 5.11 Å². The molecule has 1 rings (SSSR count). The molecule has 0 saturated carbocycles. The number of carboxylic acid groups (broad SMARTS) is 1. The Kier molecular flexibility index (Phi) is 3.67. The molecule has 82 valence electrons. The number of esters is 1. The van der Waals surface area contributed by atoms with E-state index in [9.17, 15) is 14.4 Å².